The summed E-state index contributed by atoms with van der Waals surface area (Å²) in [6.07, 6.45) is 5.25. The van der Waals surface area contributed by atoms with E-state index in [9.17, 15) is 12.8 Å². The van der Waals surface area contributed by atoms with Gasteiger partial charge in [-0.25, -0.2) is 4.39 Å². The van der Waals surface area contributed by atoms with Gasteiger partial charge >= 0.3 is 0 Å². The van der Waals surface area contributed by atoms with E-state index >= 15 is 0 Å². The van der Waals surface area contributed by atoms with Gasteiger partial charge in [0.2, 0.25) is 0 Å². The molecular formula is C19H19ClFNO3S. The van der Waals surface area contributed by atoms with Crippen molar-refractivity contribution in [3.05, 3.63) is 65.1 Å². The van der Waals surface area contributed by atoms with E-state index in [-0.39, 0.29) is 12.4 Å². The lowest BCUT2D eigenvalue weighted by Crippen LogP contribution is -2.04. The van der Waals surface area contributed by atoms with E-state index in [0.29, 0.717) is 11.4 Å². The molecule has 4 nitrogen and oxygen atoms in total. The van der Waals surface area contributed by atoms with Crippen molar-refractivity contribution in [2.75, 3.05) is 12.9 Å². The zero-order chi connectivity index (χ0) is 18.7. The van der Waals surface area contributed by atoms with Crippen molar-refractivity contribution in [2.24, 2.45) is 0 Å². The van der Waals surface area contributed by atoms with Crippen LogP contribution < -0.4 is 0 Å². The van der Waals surface area contributed by atoms with Gasteiger partial charge in [-0.05, 0) is 67.3 Å². The van der Waals surface area contributed by atoms with Crippen LogP contribution in [0.15, 0.2) is 48.7 Å². The predicted octanol–water partition coefficient (Wildman–Crippen LogP) is 4.72. The van der Waals surface area contributed by atoms with Crippen LogP contribution in [-0.4, -0.2) is 25.8 Å². The SMILES string of the molecule is CS(=O)(=O)OCCCCc1cn(-c2ccc(F)cc2)c2ccc(Cl)cc12. The van der Waals surface area contributed by atoms with Crippen LogP contribution in [-0.2, 0) is 20.7 Å². The van der Waals surface area contributed by atoms with Crippen LogP contribution in [0.25, 0.3) is 16.6 Å². The summed E-state index contributed by atoms with van der Waals surface area (Å²) in [5.41, 5.74) is 2.96. The molecule has 0 fully saturated rings. The average molecular weight is 396 g/mol. The number of halogens is 2. The second-order valence-corrected chi connectivity index (χ2v) is 8.23. The number of benzene rings is 2. The number of aromatic nitrogens is 1. The first-order valence-electron chi connectivity index (χ1n) is 8.23. The maximum absolute atomic E-state index is 13.2. The van der Waals surface area contributed by atoms with E-state index in [1.165, 1.54) is 12.1 Å². The summed E-state index contributed by atoms with van der Waals surface area (Å²) in [5, 5.41) is 1.68. The molecule has 0 amide bonds. The number of nitrogens with zero attached hydrogens (tertiary/aromatic N) is 1. The summed E-state index contributed by atoms with van der Waals surface area (Å²) >= 11 is 6.16. The Morgan fingerprint density at radius 3 is 2.54 bits per heavy atom. The highest BCUT2D eigenvalue weighted by atomic mass is 35.5. The molecule has 0 unspecified atom stereocenters. The van der Waals surface area contributed by atoms with E-state index < -0.39 is 10.1 Å². The fraction of sp³-hybridized carbons (Fsp3) is 0.263. The normalized spacial score (nSPS) is 12.0. The van der Waals surface area contributed by atoms with Gasteiger partial charge in [-0.1, -0.05) is 11.6 Å². The highest BCUT2D eigenvalue weighted by molar-refractivity contribution is 7.85. The molecule has 0 bridgehead atoms. The lowest BCUT2D eigenvalue weighted by atomic mass is 10.1. The fourth-order valence-electron chi connectivity index (χ4n) is 2.91. The Morgan fingerprint density at radius 2 is 1.85 bits per heavy atom. The van der Waals surface area contributed by atoms with Crippen molar-refractivity contribution in [3.8, 4) is 5.69 Å². The molecule has 0 saturated carbocycles. The number of hydrogen-bond donors (Lipinski definition) is 0. The third-order valence-corrected chi connectivity index (χ3v) is 4.92. The molecule has 0 radical (unpaired) electrons. The topological polar surface area (TPSA) is 48.3 Å². The molecule has 0 N–H and O–H groups in total. The van der Waals surface area contributed by atoms with E-state index in [2.05, 4.69) is 0 Å². The molecule has 138 valence electrons. The van der Waals surface area contributed by atoms with E-state index in [0.717, 1.165) is 41.3 Å². The Kier molecular flexibility index (Phi) is 5.65. The lowest BCUT2D eigenvalue weighted by molar-refractivity contribution is 0.312. The Balaban J connectivity index is 1.83. The monoisotopic (exact) mass is 395 g/mol. The molecule has 0 aliphatic heterocycles. The van der Waals surface area contributed by atoms with Crippen LogP contribution in [0.1, 0.15) is 18.4 Å². The van der Waals surface area contributed by atoms with Gasteiger partial charge in [0.05, 0.1) is 18.4 Å². The van der Waals surface area contributed by atoms with Gasteiger partial charge < -0.3 is 4.57 Å². The molecule has 2 aromatic carbocycles. The van der Waals surface area contributed by atoms with Gasteiger partial charge in [0.25, 0.3) is 10.1 Å². The minimum Gasteiger partial charge on any atom is -0.316 e. The highest BCUT2D eigenvalue weighted by Gasteiger charge is 2.11. The average Bonchev–Trinajstić information content (AvgIpc) is 2.92. The minimum absolute atomic E-state index is 0.177. The fourth-order valence-corrected chi connectivity index (χ4v) is 3.51. The molecule has 0 aliphatic rings. The molecular weight excluding hydrogens is 377 g/mol. The summed E-state index contributed by atoms with van der Waals surface area (Å²) in [4.78, 5) is 0. The van der Waals surface area contributed by atoms with E-state index in [4.69, 9.17) is 15.8 Å². The molecule has 0 spiro atoms. The third-order valence-electron chi connectivity index (χ3n) is 4.09. The summed E-state index contributed by atoms with van der Waals surface area (Å²) < 4.78 is 42.0. The van der Waals surface area contributed by atoms with Crippen LogP contribution in [0.5, 0.6) is 0 Å². The number of unbranched alkanes of at least 4 members (excludes halogenated alkanes) is 1. The summed E-state index contributed by atoms with van der Waals surface area (Å²) in [7, 11) is -3.40. The Bertz CT molecular complexity index is 1010. The van der Waals surface area contributed by atoms with Gasteiger partial charge in [-0.2, -0.15) is 8.42 Å². The molecule has 7 heteroatoms. The molecule has 0 saturated heterocycles. The van der Waals surface area contributed by atoms with Crippen molar-refractivity contribution in [2.45, 2.75) is 19.3 Å². The quantitative estimate of drug-likeness (QED) is 0.429. The summed E-state index contributed by atoms with van der Waals surface area (Å²) in [5.74, 6) is -0.278. The zero-order valence-corrected chi connectivity index (χ0v) is 15.9. The van der Waals surface area contributed by atoms with E-state index in [1.54, 1.807) is 12.1 Å². The minimum atomic E-state index is -3.40. The van der Waals surface area contributed by atoms with Gasteiger partial charge in [0.15, 0.2) is 0 Å². The summed E-state index contributed by atoms with van der Waals surface area (Å²) in [6, 6.07) is 12.0. The second-order valence-electron chi connectivity index (χ2n) is 6.15. The zero-order valence-electron chi connectivity index (χ0n) is 14.3. The Hall–Kier alpha value is -1.89. The molecule has 1 heterocycles. The molecule has 26 heavy (non-hydrogen) atoms. The van der Waals surface area contributed by atoms with E-state index in [1.807, 2.05) is 29.0 Å². The maximum atomic E-state index is 13.2. The van der Waals surface area contributed by atoms with Crippen molar-refractivity contribution in [1.82, 2.24) is 4.57 Å². The second kappa shape index (κ2) is 7.78. The first kappa shape index (κ1) is 18.9. The predicted molar refractivity (Wildman–Crippen MR) is 102 cm³/mol. The number of aryl methyl sites for hydroxylation is 1. The van der Waals surface area contributed by atoms with Crippen LogP contribution in [0.3, 0.4) is 0 Å². The van der Waals surface area contributed by atoms with Gasteiger partial charge in [0, 0.05) is 22.3 Å². The van der Waals surface area contributed by atoms with Crippen LogP contribution in [0.2, 0.25) is 5.02 Å². The molecule has 0 atom stereocenters. The smallest absolute Gasteiger partial charge is 0.264 e. The lowest BCUT2D eigenvalue weighted by Gasteiger charge is -2.05. The number of rotatable bonds is 7. The first-order chi connectivity index (χ1) is 12.3. The van der Waals surface area contributed by atoms with Crippen molar-refractivity contribution in [1.29, 1.82) is 0 Å². The first-order valence-corrected chi connectivity index (χ1v) is 10.4. The maximum Gasteiger partial charge on any atom is 0.264 e. The molecule has 0 aliphatic carbocycles. The van der Waals surface area contributed by atoms with Crippen molar-refractivity contribution in [3.63, 3.8) is 0 Å². The number of fused-ring (bicyclic) bond motifs is 1. The van der Waals surface area contributed by atoms with Crippen molar-refractivity contribution >= 4 is 32.6 Å². The molecule has 3 aromatic rings. The molecule has 3 rings (SSSR count). The molecule has 1 aromatic heterocycles. The third kappa shape index (κ3) is 4.63. The van der Waals surface area contributed by atoms with Gasteiger partial charge in [0.1, 0.15) is 5.82 Å². The highest BCUT2D eigenvalue weighted by Crippen LogP contribution is 2.29. The Morgan fingerprint density at radius 1 is 1.12 bits per heavy atom. The van der Waals surface area contributed by atoms with Crippen LogP contribution in [0.4, 0.5) is 4.39 Å². The Labute approximate surface area is 157 Å². The van der Waals surface area contributed by atoms with Crippen molar-refractivity contribution < 1.29 is 17.0 Å². The summed E-state index contributed by atoms with van der Waals surface area (Å²) in [6.45, 7) is 0.177. The van der Waals surface area contributed by atoms with Crippen LogP contribution in [0, 0.1) is 5.82 Å². The number of hydrogen-bond acceptors (Lipinski definition) is 3. The standard InChI is InChI=1S/C19H19ClFNO3S/c1-26(23,24)25-11-3-2-4-14-13-22(17-8-6-16(21)7-9-17)19-10-5-15(20)12-18(14)19/h5-10,12-13H,2-4,11H2,1H3. The van der Waals surface area contributed by atoms with Crippen LogP contribution >= 0.6 is 11.6 Å². The van der Waals surface area contributed by atoms with Gasteiger partial charge in [-0.15, -0.1) is 0 Å². The van der Waals surface area contributed by atoms with Gasteiger partial charge in [-0.3, -0.25) is 4.18 Å². The largest absolute Gasteiger partial charge is 0.316 e.